The van der Waals surface area contributed by atoms with Gasteiger partial charge in [0.15, 0.2) is 10.3 Å². The molecule has 1 aliphatic heterocycles. The fourth-order valence-electron chi connectivity index (χ4n) is 1.01. The van der Waals surface area contributed by atoms with Gasteiger partial charge in [-0.05, 0) is 18.5 Å². The maximum Gasteiger partial charge on any atom is 0.252 e. The lowest BCUT2D eigenvalue weighted by Crippen LogP contribution is -2.24. The average molecular weight is 342 g/mol. The maximum atomic E-state index is 10.9. The topological polar surface area (TPSA) is 99.4 Å². The number of carbonyl (C=O) groups is 1. The summed E-state index contributed by atoms with van der Waals surface area (Å²) in [6.45, 7) is 2.72. The molecule has 1 aromatic rings. The van der Waals surface area contributed by atoms with Gasteiger partial charge in [-0.25, -0.2) is 9.97 Å². The van der Waals surface area contributed by atoms with E-state index in [0.717, 1.165) is 0 Å². The zero-order valence-electron chi connectivity index (χ0n) is 10.3. The molecule has 0 aliphatic carbocycles. The first kappa shape index (κ1) is 16.8. The molecular weight excluding hydrogens is 330 g/mol. The van der Waals surface area contributed by atoms with Crippen LogP contribution in [0, 0.1) is 0 Å². The minimum absolute atomic E-state index is 0.01000. The smallest absolute Gasteiger partial charge is 0.252 e. The number of halogens is 3. The van der Waals surface area contributed by atoms with Crippen LogP contribution in [0.2, 0.25) is 15.6 Å². The number of hydrogen-bond donors (Lipinski definition) is 2. The SMILES string of the molecule is CCNC(=O)C1=COOC1.Nc1c(Cl)nc(Cl)nc1Cl. The molecule has 3 N–H and O–H groups in total. The van der Waals surface area contributed by atoms with Gasteiger partial charge >= 0.3 is 0 Å². The maximum absolute atomic E-state index is 10.9. The van der Waals surface area contributed by atoms with Crippen molar-refractivity contribution >= 4 is 46.4 Å². The van der Waals surface area contributed by atoms with Gasteiger partial charge in [0.05, 0.1) is 5.57 Å². The molecule has 0 saturated heterocycles. The second kappa shape index (κ2) is 8.11. The van der Waals surface area contributed by atoms with Gasteiger partial charge in [-0.1, -0.05) is 23.2 Å². The Bertz CT molecular complexity index is 501. The van der Waals surface area contributed by atoms with Crippen LogP contribution in [-0.4, -0.2) is 29.0 Å². The van der Waals surface area contributed by atoms with Crippen LogP contribution < -0.4 is 11.1 Å². The molecule has 1 aromatic heterocycles. The summed E-state index contributed by atoms with van der Waals surface area (Å²) in [5.74, 6) is -0.125. The number of nitrogens with one attached hydrogen (secondary N) is 1. The number of nitrogen functional groups attached to an aromatic ring is 1. The summed E-state index contributed by atoms with van der Waals surface area (Å²) < 4.78 is 0. The first-order valence-electron chi connectivity index (χ1n) is 5.35. The largest absolute Gasteiger partial charge is 0.394 e. The Labute approximate surface area is 129 Å². The molecule has 10 heteroatoms. The lowest BCUT2D eigenvalue weighted by molar-refractivity contribution is -0.221. The van der Waals surface area contributed by atoms with Crippen molar-refractivity contribution < 1.29 is 14.6 Å². The van der Waals surface area contributed by atoms with Gasteiger partial charge in [0.25, 0.3) is 5.91 Å². The summed E-state index contributed by atoms with van der Waals surface area (Å²) in [5, 5.41) is 2.76. The second-order valence-electron chi connectivity index (χ2n) is 3.35. The molecule has 0 spiro atoms. The van der Waals surface area contributed by atoms with E-state index in [1.54, 1.807) is 0 Å². The molecule has 2 rings (SSSR count). The molecule has 0 unspecified atom stereocenters. The lowest BCUT2D eigenvalue weighted by atomic mass is 10.3. The van der Waals surface area contributed by atoms with E-state index < -0.39 is 0 Å². The molecule has 0 radical (unpaired) electrons. The Morgan fingerprint density at radius 1 is 1.40 bits per heavy atom. The Hall–Kier alpha value is -1.28. The van der Waals surface area contributed by atoms with Crippen LogP contribution in [0.1, 0.15) is 6.92 Å². The van der Waals surface area contributed by atoms with E-state index in [9.17, 15) is 4.79 Å². The third kappa shape index (κ3) is 5.01. The van der Waals surface area contributed by atoms with Crippen LogP contribution in [-0.2, 0) is 14.6 Å². The molecule has 1 amide bonds. The molecule has 0 atom stereocenters. The van der Waals surface area contributed by atoms with Crippen molar-refractivity contribution in [2.75, 3.05) is 18.9 Å². The highest BCUT2D eigenvalue weighted by molar-refractivity contribution is 6.38. The van der Waals surface area contributed by atoms with Crippen molar-refractivity contribution in [3.05, 3.63) is 27.4 Å². The normalized spacial score (nSPS) is 12.9. The molecule has 110 valence electrons. The number of rotatable bonds is 2. The summed E-state index contributed by atoms with van der Waals surface area (Å²) in [5.41, 5.74) is 5.98. The van der Waals surface area contributed by atoms with E-state index >= 15 is 0 Å². The van der Waals surface area contributed by atoms with Crippen LogP contribution in [0.3, 0.4) is 0 Å². The third-order valence-electron chi connectivity index (χ3n) is 1.93. The van der Waals surface area contributed by atoms with E-state index in [2.05, 4.69) is 25.1 Å². The standard InChI is InChI=1S/C6H9NO3.C4H2Cl3N3/c1-2-7-6(8)5-3-9-10-4-5;5-2-1(8)3(6)10-4(7)9-2/h3H,2,4H2,1H3,(H,7,8);8H2. The van der Waals surface area contributed by atoms with Gasteiger partial charge in [-0.2, -0.15) is 4.89 Å². The first-order valence-corrected chi connectivity index (χ1v) is 6.48. The monoisotopic (exact) mass is 340 g/mol. The number of aromatic nitrogens is 2. The van der Waals surface area contributed by atoms with Crippen LogP contribution in [0.25, 0.3) is 0 Å². The van der Waals surface area contributed by atoms with Gasteiger partial charge in [-0.3, -0.25) is 4.79 Å². The molecule has 0 aromatic carbocycles. The number of likely N-dealkylation sites (N-methyl/N-ethyl adjacent to an activating group) is 1. The van der Waals surface area contributed by atoms with E-state index in [1.165, 1.54) is 6.26 Å². The minimum atomic E-state index is -0.125. The van der Waals surface area contributed by atoms with Gasteiger partial charge in [0, 0.05) is 6.54 Å². The quantitative estimate of drug-likeness (QED) is 0.485. The molecule has 0 fully saturated rings. The van der Waals surface area contributed by atoms with Gasteiger partial charge in [-0.15, -0.1) is 0 Å². The Balaban J connectivity index is 0.000000200. The van der Waals surface area contributed by atoms with Gasteiger partial charge in [0.1, 0.15) is 18.6 Å². The predicted octanol–water partition coefficient (Wildman–Crippen LogP) is 1.99. The van der Waals surface area contributed by atoms with E-state index in [1.807, 2.05) is 6.92 Å². The predicted molar refractivity (Wildman–Crippen MR) is 75.3 cm³/mol. The summed E-state index contributed by atoms with van der Waals surface area (Å²) in [7, 11) is 0. The Morgan fingerprint density at radius 3 is 2.45 bits per heavy atom. The van der Waals surface area contributed by atoms with Crippen molar-refractivity contribution in [3.8, 4) is 0 Å². The van der Waals surface area contributed by atoms with Crippen LogP contribution in [0.4, 0.5) is 5.69 Å². The fourth-order valence-corrected chi connectivity index (χ4v) is 1.65. The number of amides is 1. The summed E-state index contributed by atoms with van der Waals surface area (Å²) in [4.78, 5) is 26.9. The molecule has 20 heavy (non-hydrogen) atoms. The zero-order chi connectivity index (χ0) is 15.1. The molecular formula is C10H11Cl3N4O3. The van der Waals surface area contributed by atoms with Gasteiger partial charge < -0.3 is 15.9 Å². The van der Waals surface area contributed by atoms with Crippen molar-refractivity contribution in [1.29, 1.82) is 0 Å². The van der Waals surface area contributed by atoms with E-state index in [4.69, 9.17) is 40.5 Å². The average Bonchev–Trinajstić information content (AvgIpc) is 2.91. The number of nitrogens with zero attached hydrogens (tertiary/aromatic N) is 2. The van der Waals surface area contributed by atoms with Gasteiger partial charge in [0.2, 0.25) is 5.28 Å². The molecule has 0 bridgehead atoms. The van der Waals surface area contributed by atoms with Crippen LogP contribution in [0.5, 0.6) is 0 Å². The molecule has 1 aliphatic rings. The van der Waals surface area contributed by atoms with E-state index in [0.29, 0.717) is 12.1 Å². The number of nitrogens with two attached hydrogens (primary N) is 1. The lowest BCUT2D eigenvalue weighted by Gasteiger charge is -1.97. The number of anilines is 1. The number of carbonyl (C=O) groups excluding carboxylic acids is 1. The Kier molecular flexibility index (Phi) is 6.80. The van der Waals surface area contributed by atoms with Crippen LogP contribution in [0.15, 0.2) is 11.8 Å². The Morgan fingerprint density at radius 2 is 2.00 bits per heavy atom. The highest BCUT2D eigenvalue weighted by Crippen LogP contribution is 2.24. The molecule has 2 heterocycles. The molecule has 0 saturated carbocycles. The zero-order valence-corrected chi connectivity index (χ0v) is 12.6. The summed E-state index contributed by atoms with van der Waals surface area (Å²) in [6.07, 6.45) is 1.31. The molecule has 7 nitrogen and oxygen atoms in total. The third-order valence-corrected chi connectivity index (χ3v) is 2.67. The minimum Gasteiger partial charge on any atom is -0.394 e. The van der Waals surface area contributed by atoms with Crippen molar-refractivity contribution in [2.24, 2.45) is 0 Å². The fraction of sp³-hybridized carbons (Fsp3) is 0.300. The van der Waals surface area contributed by atoms with Crippen molar-refractivity contribution in [3.63, 3.8) is 0 Å². The van der Waals surface area contributed by atoms with E-state index in [-0.39, 0.29) is 33.8 Å². The summed E-state index contributed by atoms with van der Waals surface area (Å²) in [6, 6.07) is 0. The number of hydrogen-bond acceptors (Lipinski definition) is 6. The highest BCUT2D eigenvalue weighted by Gasteiger charge is 2.14. The van der Waals surface area contributed by atoms with Crippen LogP contribution >= 0.6 is 34.8 Å². The summed E-state index contributed by atoms with van der Waals surface area (Å²) >= 11 is 16.3. The highest BCUT2D eigenvalue weighted by atomic mass is 35.5. The second-order valence-corrected chi connectivity index (χ2v) is 4.40. The van der Waals surface area contributed by atoms with Crippen molar-refractivity contribution in [1.82, 2.24) is 15.3 Å². The van der Waals surface area contributed by atoms with Crippen molar-refractivity contribution in [2.45, 2.75) is 6.92 Å². The first-order chi connectivity index (χ1) is 9.45.